The molecule has 3 atom stereocenters. The molecular weight excluding hydrogens is 504 g/mol. The first-order valence-electron chi connectivity index (χ1n) is 12.5. The van der Waals surface area contributed by atoms with Crippen LogP contribution in [0, 0.1) is 0 Å². The molecule has 8 nitrogen and oxygen atoms in total. The largest absolute Gasteiger partial charge is 0.478 e. The minimum atomic E-state index is -0.956. The summed E-state index contributed by atoms with van der Waals surface area (Å²) in [6.45, 7) is 2.80. The number of urea groups is 1. The smallest absolute Gasteiger partial charge is 0.336 e. The molecule has 4 N–H and O–H groups in total. The maximum Gasteiger partial charge on any atom is 0.336 e. The van der Waals surface area contributed by atoms with Crippen LogP contribution in [0.15, 0.2) is 77.7 Å². The van der Waals surface area contributed by atoms with E-state index in [4.69, 9.17) is 9.47 Å². The molecule has 0 saturated carbocycles. The molecule has 0 aromatic heterocycles. The van der Waals surface area contributed by atoms with E-state index in [0.29, 0.717) is 30.2 Å². The van der Waals surface area contributed by atoms with Crippen LogP contribution in [0.2, 0.25) is 0 Å². The van der Waals surface area contributed by atoms with Crippen LogP contribution in [0.5, 0.6) is 0 Å². The summed E-state index contributed by atoms with van der Waals surface area (Å²) < 4.78 is 12.7. The molecule has 3 unspecified atom stereocenters. The molecule has 1 saturated heterocycles. The van der Waals surface area contributed by atoms with Gasteiger partial charge in [0.05, 0.1) is 24.4 Å². The van der Waals surface area contributed by atoms with Crippen LogP contribution in [0.3, 0.4) is 0 Å². The van der Waals surface area contributed by atoms with Crippen molar-refractivity contribution in [1.82, 2.24) is 10.6 Å². The first-order chi connectivity index (χ1) is 18.5. The van der Waals surface area contributed by atoms with E-state index in [-0.39, 0.29) is 30.4 Å². The van der Waals surface area contributed by atoms with Gasteiger partial charge in [0, 0.05) is 35.7 Å². The fraction of sp³-hybridized carbons (Fsp3) is 0.310. The second-order valence-electron chi connectivity index (χ2n) is 8.92. The van der Waals surface area contributed by atoms with Gasteiger partial charge in [-0.05, 0) is 35.7 Å². The fourth-order valence-corrected chi connectivity index (χ4v) is 5.24. The van der Waals surface area contributed by atoms with Gasteiger partial charge in [-0.2, -0.15) is 0 Å². The Bertz CT molecular complexity index is 1220. The van der Waals surface area contributed by atoms with Gasteiger partial charge in [0.1, 0.15) is 0 Å². The van der Waals surface area contributed by atoms with E-state index in [0.717, 1.165) is 22.3 Å². The number of aromatic carboxylic acids is 1. The highest BCUT2D eigenvalue weighted by Crippen LogP contribution is 2.39. The summed E-state index contributed by atoms with van der Waals surface area (Å²) in [7, 11) is 0. The number of ether oxygens (including phenoxy) is 2. The summed E-state index contributed by atoms with van der Waals surface area (Å²) in [6, 6.07) is 22.1. The van der Waals surface area contributed by atoms with Crippen molar-refractivity contribution in [3.05, 3.63) is 101 Å². The van der Waals surface area contributed by atoms with E-state index in [1.54, 1.807) is 12.1 Å². The maximum atomic E-state index is 11.7. The van der Waals surface area contributed by atoms with Gasteiger partial charge in [0.2, 0.25) is 0 Å². The van der Waals surface area contributed by atoms with E-state index < -0.39 is 12.3 Å². The number of hydrogen-bond acceptors (Lipinski definition) is 6. The zero-order chi connectivity index (χ0) is 26.9. The molecule has 0 bridgehead atoms. The lowest BCUT2D eigenvalue weighted by molar-refractivity contribution is -0.245. The predicted octanol–water partition coefficient (Wildman–Crippen LogP) is 5.03. The van der Waals surface area contributed by atoms with Crippen LogP contribution < -0.4 is 10.6 Å². The van der Waals surface area contributed by atoms with Crippen LogP contribution >= 0.6 is 11.8 Å². The Hall–Kier alpha value is -3.37. The number of aliphatic hydroxyl groups is 1. The molecule has 38 heavy (non-hydrogen) atoms. The number of benzene rings is 3. The van der Waals surface area contributed by atoms with E-state index in [1.165, 1.54) is 11.8 Å². The van der Waals surface area contributed by atoms with E-state index in [9.17, 15) is 19.8 Å². The SMILES string of the molecule is CCNC(=O)NCc1ccc(C2OC(CSc3ccccc3C(=O)O)CC(c3ccc(CO)cc3)O2)cc1. The van der Waals surface area contributed by atoms with Crippen molar-refractivity contribution in [1.29, 1.82) is 0 Å². The highest BCUT2D eigenvalue weighted by atomic mass is 32.2. The number of rotatable bonds is 10. The van der Waals surface area contributed by atoms with Crippen molar-refractivity contribution in [2.24, 2.45) is 0 Å². The molecule has 1 heterocycles. The lowest BCUT2D eigenvalue weighted by atomic mass is 10.0. The number of hydrogen-bond donors (Lipinski definition) is 4. The van der Waals surface area contributed by atoms with Gasteiger partial charge in [-0.1, -0.05) is 60.7 Å². The Kier molecular flexibility index (Phi) is 9.78. The molecule has 0 aliphatic carbocycles. The molecule has 1 fully saturated rings. The molecule has 1 aliphatic rings. The second-order valence-corrected chi connectivity index (χ2v) is 9.98. The molecule has 0 radical (unpaired) electrons. The van der Waals surface area contributed by atoms with Crippen LogP contribution in [-0.4, -0.2) is 40.6 Å². The minimum Gasteiger partial charge on any atom is -0.478 e. The lowest BCUT2D eigenvalue weighted by Gasteiger charge is -2.36. The number of carbonyl (C=O) groups excluding carboxylic acids is 1. The van der Waals surface area contributed by atoms with Crippen molar-refractivity contribution < 1.29 is 29.3 Å². The third kappa shape index (κ3) is 7.35. The third-order valence-corrected chi connectivity index (χ3v) is 7.40. The Morgan fingerprint density at radius 3 is 2.29 bits per heavy atom. The lowest BCUT2D eigenvalue weighted by Crippen LogP contribution is -2.34. The van der Waals surface area contributed by atoms with Crippen molar-refractivity contribution in [3.63, 3.8) is 0 Å². The molecule has 3 aromatic carbocycles. The summed E-state index contributed by atoms with van der Waals surface area (Å²) >= 11 is 1.46. The third-order valence-electron chi connectivity index (χ3n) is 6.20. The molecule has 200 valence electrons. The van der Waals surface area contributed by atoms with Gasteiger partial charge in [0.25, 0.3) is 0 Å². The first kappa shape index (κ1) is 27.7. The quantitative estimate of drug-likeness (QED) is 0.268. The number of thioether (sulfide) groups is 1. The normalized spacial score (nSPS) is 19.1. The minimum absolute atomic E-state index is 0.0267. The monoisotopic (exact) mass is 536 g/mol. The summed E-state index contributed by atoms with van der Waals surface area (Å²) in [6.07, 6.45) is -0.439. The molecule has 4 rings (SSSR count). The van der Waals surface area contributed by atoms with Crippen molar-refractivity contribution in [3.8, 4) is 0 Å². The van der Waals surface area contributed by atoms with Crippen molar-refractivity contribution in [2.45, 2.75) is 49.9 Å². The van der Waals surface area contributed by atoms with Crippen molar-refractivity contribution in [2.75, 3.05) is 12.3 Å². The number of aliphatic hydroxyl groups excluding tert-OH is 1. The molecular formula is C29H32N2O6S. The van der Waals surface area contributed by atoms with Gasteiger partial charge in [-0.15, -0.1) is 11.8 Å². The Balaban J connectivity index is 1.49. The first-order valence-corrected chi connectivity index (χ1v) is 13.5. The molecule has 9 heteroatoms. The Labute approximate surface area is 226 Å². The zero-order valence-corrected chi connectivity index (χ0v) is 21.9. The zero-order valence-electron chi connectivity index (χ0n) is 21.1. The Morgan fingerprint density at radius 2 is 1.61 bits per heavy atom. The number of carbonyl (C=O) groups is 2. The maximum absolute atomic E-state index is 11.7. The number of carboxylic acid groups (broad SMARTS) is 1. The van der Waals surface area contributed by atoms with Gasteiger partial charge in [-0.25, -0.2) is 9.59 Å². The standard InChI is InChI=1S/C29H32N2O6S/c1-2-30-29(35)31-16-19-7-13-22(14-8-19)28-36-23(18-38-26-6-4-3-5-24(26)27(33)34)15-25(37-28)21-11-9-20(17-32)10-12-21/h3-14,23,25,28,32H,2,15-18H2,1H3,(H,33,34)(H2,30,31,35). The average Bonchev–Trinajstić information content (AvgIpc) is 2.95. The van der Waals surface area contributed by atoms with Gasteiger partial charge in [-0.3, -0.25) is 0 Å². The highest BCUT2D eigenvalue weighted by molar-refractivity contribution is 7.99. The summed E-state index contributed by atoms with van der Waals surface area (Å²) in [5.41, 5.74) is 3.88. The second kappa shape index (κ2) is 13.4. The van der Waals surface area contributed by atoms with Crippen LogP contribution in [-0.2, 0) is 22.6 Å². The summed E-state index contributed by atoms with van der Waals surface area (Å²) in [4.78, 5) is 24.0. The highest BCUT2D eigenvalue weighted by Gasteiger charge is 2.32. The van der Waals surface area contributed by atoms with Gasteiger partial charge >= 0.3 is 12.0 Å². The van der Waals surface area contributed by atoms with E-state index in [2.05, 4.69) is 10.6 Å². The molecule has 0 spiro atoms. The number of amides is 2. The molecule has 2 amide bonds. The molecule has 3 aromatic rings. The topological polar surface area (TPSA) is 117 Å². The van der Waals surface area contributed by atoms with Crippen LogP contribution in [0.4, 0.5) is 4.79 Å². The van der Waals surface area contributed by atoms with Crippen molar-refractivity contribution >= 4 is 23.8 Å². The number of carboxylic acids is 1. The summed E-state index contributed by atoms with van der Waals surface area (Å²) in [5.74, 6) is -0.397. The summed E-state index contributed by atoms with van der Waals surface area (Å²) in [5, 5.41) is 24.5. The van der Waals surface area contributed by atoms with Gasteiger partial charge < -0.3 is 30.3 Å². The van der Waals surface area contributed by atoms with E-state index >= 15 is 0 Å². The fourth-order valence-electron chi connectivity index (χ4n) is 4.17. The molecule has 1 aliphatic heterocycles. The van der Waals surface area contributed by atoms with E-state index in [1.807, 2.05) is 67.6 Å². The predicted molar refractivity (Wildman–Crippen MR) is 145 cm³/mol. The van der Waals surface area contributed by atoms with Gasteiger partial charge in [0.15, 0.2) is 6.29 Å². The van der Waals surface area contributed by atoms with Crippen LogP contribution in [0.25, 0.3) is 0 Å². The average molecular weight is 537 g/mol. The van der Waals surface area contributed by atoms with Crippen LogP contribution in [0.1, 0.15) is 58.4 Å². The number of nitrogens with one attached hydrogen (secondary N) is 2. The Morgan fingerprint density at radius 1 is 0.921 bits per heavy atom.